The first-order chi connectivity index (χ1) is 12.8. The highest BCUT2D eigenvalue weighted by Gasteiger charge is 2.52. The lowest BCUT2D eigenvalue weighted by Gasteiger charge is -2.58. The second-order valence-corrected chi connectivity index (χ2v) is 10.5. The van der Waals surface area contributed by atoms with Crippen LogP contribution in [0.3, 0.4) is 0 Å². The molecule has 0 aromatic heterocycles. The quantitative estimate of drug-likeness (QED) is 0.225. The van der Waals surface area contributed by atoms with Crippen molar-refractivity contribution in [1.29, 1.82) is 0 Å². The van der Waals surface area contributed by atoms with Gasteiger partial charge in [-0.3, -0.25) is 0 Å². The molecule has 1 nitrogen and oxygen atoms in total. The highest BCUT2D eigenvalue weighted by atomic mass is 35.5. The average Bonchev–Trinajstić information content (AvgIpc) is 3.42. The van der Waals surface area contributed by atoms with E-state index in [1.54, 1.807) is 6.08 Å². The van der Waals surface area contributed by atoms with Crippen molar-refractivity contribution in [2.24, 2.45) is 22.7 Å². The van der Waals surface area contributed by atoms with Crippen LogP contribution in [0.1, 0.15) is 106 Å². The number of hydrogen-bond donors (Lipinski definition) is 1. The number of allylic oxidation sites excluding steroid dienone is 1. The predicted octanol–water partition coefficient (Wildman–Crippen LogP) is 7.98. The summed E-state index contributed by atoms with van der Waals surface area (Å²) in [6.45, 7) is 18.7. The summed E-state index contributed by atoms with van der Waals surface area (Å²) in [5, 5.41) is 3.86. The molecule has 0 amide bonds. The van der Waals surface area contributed by atoms with Crippen molar-refractivity contribution in [3.8, 4) is 0 Å². The molecule has 0 bridgehead atoms. The largest absolute Gasteiger partial charge is 0.311 e. The number of alkyl halides is 1. The summed E-state index contributed by atoms with van der Waals surface area (Å²) in [6, 6.07) is 0.825. The van der Waals surface area contributed by atoms with Gasteiger partial charge in [-0.05, 0) is 87.9 Å². The van der Waals surface area contributed by atoms with E-state index in [2.05, 4.69) is 46.5 Å². The normalized spacial score (nSPS) is 36.5. The first-order valence-corrected chi connectivity index (χ1v) is 12.2. The highest BCUT2D eigenvalue weighted by molar-refractivity contribution is 6.20. The summed E-state index contributed by atoms with van der Waals surface area (Å²) in [4.78, 5) is 0. The van der Waals surface area contributed by atoms with Crippen LogP contribution in [0, 0.1) is 22.7 Å². The molecule has 2 heteroatoms. The van der Waals surface area contributed by atoms with Crippen molar-refractivity contribution in [3.63, 3.8) is 0 Å². The minimum absolute atomic E-state index is 0.328. The Bertz CT molecular complexity index is 417. The van der Waals surface area contributed by atoms with E-state index >= 15 is 0 Å². The summed E-state index contributed by atoms with van der Waals surface area (Å²) in [6.07, 6.45) is 15.4. The van der Waals surface area contributed by atoms with E-state index < -0.39 is 0 Å². The van der Waals surface area contributed by atoms with E-state index in [0.29, 0.717) is 16.2 Å². The number of hydrogen-bond acceptors (Lipinski definition) is 1. The van der Waals surface area contributed by atoms with Crippen molar-refractivity contribution in [3.05, 3.63) is 12.7 Å². The molecular formula is C25H48ClN. The van der Waals surface area contributed by atoms with Gasteiger partial charge in [0, 0.05) is 18.0 Å². The Kier molecular flexibility index (Phi) is 11.0. The topological polar surface area (TPSA) is 21.9 Å². The van der Waals surface area contributed by atoms with Crippen LogP contribution in [0.4, 0.5) is 0 Å². The molecule has 1 heterocycles. The van der Waals surface area contributed by atoms with Gasteiger partial charge in [0.15, 0.2) is 0 Å². The molecule has 27 heavy (non-hydrogen) atoms. The third kappa shape index (κ3) is 7.07. The van der Waals surface area contributed by atoms with Crippen LogP contribution < -0.4 is 5.32 Å². The molecular weight excluding hydrogens is 350 g/mol. The maximum absolute atomic E-state index is 6.27. The van der Waals surface area contributed by atoms with Crippen LogP contribution in [0.5, 0.6) is 0 Å². The zero-order chi connectivity index (χ0) is 20.5. The fourth-order valence-electron chi connectivity index (χ4n) is 6.11. The molecule has 2 rings (SSSR count). The van der Waals surface area contributed by atoms with Gasteiger partial charge in [-0.25, -0.2) is 0 Å². The second kappa shape index (κ2) is 11.9. The van der Waals surface area contributed by atoms with Gasteiger partial charge in [-0.15, -0.1) is 18.2 Å². The highest BCUT2D eigenvalue weighted by Crippen LogP contribution is 2.61. The first-order valence-electron chi connectivity index (χ1n) is 11.7. The molecule has 0 spiro atoms. The minimum Gasteiger partial charge on any atom is -0.311 e. The maximum atomic E-state index is 6.27. The van der Waals surface area contributed by atoms with Crippen molar-refractivity contribution in [2.75, 3.05) is 6.54 Å². The van der Waals surface area contributed by atoms with Gasteiger partial charge in [0.1, 0.15) is 0 Å². The Balaban J connectivity index is 0.00000114. The van der Waals surface area contributed by atoms with Gasteiger partial charge in [0.05, 0.1) is 0 Å². The lowest BCUT2D eigenvalue weighted by molar-refractivity contribution is -0.0823. The standard InChI is InChI=1S/C22H42ClN.C3H6/c1-6-13-21(5)15-12-17(3)22(7-2,14-8-9-18(4)23)20(21)11-10-19-16-24-19;1-3-2/h17-20,24H,6-16H2,1-5H3;3H,1H2,2H3/t17?,18?,19-,20?,21-,22?;/m1./s1. The van der Waals surface area contributed by atoms with Crippen molar-refractivity contribution < 1.29 is 0 Å². The SMILES string of the molecule is C=CC.CCC[C@]1(C)CCC(C)C(CC)(CCCC(C)Cl)C1CC[C@@H]1CN1. The Hall–Kier alpha value is -0.0100. The van der Waals surface area contributed by atoms with Crippen molar-refractivity contribution >= 4 is 11.6 Å². The lowest BCUT2D eigenvalue weighted by Crippen LogP contribution is -2.49. The van der Waals surface area contributed by atoms with Crippen molar-refractivity contribution in [1.82, 2.24) is 5.32 Å². The zero-order valence-electron chi connectivity index (χ0n) is 19.2. The Labute approximate surface area is 176 Å². The molecule has 2 aliphatic rings. The van der Waals surface area contributed by atoms with Gasteiger partial charge >= 0.3 is 0 Å². The maximum Gasteiger partial charge on any atom is 0.0307 e. The van der Waals surface area contributed by atoms with E-state index in [9.17, 15) is 0 Å². The first kappa shape index (κ1) is 25.0. The number of nitrogens with one attached hydrogen (secondary N) is 1. The van der Waals surface area contributed by atoms with Crippen molar-refractivity contribution in [2.45, 2.75) is 117 Å². The summed E-state index contributed by atoms with van der Waals surface area (Å²) in [7, 11) is 0. The summed E-state index contributed by atoms with van der Waals surface area (Å²) in [5.74, 6) is 1.77. The number of rotatable bonds is 10. The lowest BCUT2D eigenvalue weighted by atomic mass is 9.47. The van der Waals surface area contributed by atoms with E-state index in [4.69, 9.17) is 11.6 Å². The molecule has 0 aromatic rings. The van der Waals surface area contributed by atoms with Crippen LogP contribution in [-0.2, 0) is 0 Å². The zero-order valence-corrected chi connectivity index (χ0v) is 20.0. The van der Waals surface area contributed by atoms with E-state index in [1.807, 2.05) is 6.92 Å². The van der Waals surface area contributed by atoms with Gasteiger partial charge in [0.2, 0.25) is 0 Å². The van der Waals surface area contributed by atoms with Gasteiger partial charge < -0.3 is 5.32 Å². The molecule has 1 saturated heterocycles. The summed E-state index contributed by atoms with van der Waals surface area (Å²) >= 11 is 6.27. The monoisotopic (exact) mass is 397 g/mol. The molecule has 2 fully saturated rings. The number of halogens is 1. The Morgan fingerprint density at radius 1 is 1.26 bits per heavy atom. The second-order valence-electron chi connectivity index (χ2n) is 9.75. The van der Waals surface area contributed by atoms with E-state index in [0.717, 1.165) is 17.9 Å². The molecule has 4 unspecified atom stereocenters. The summed E-state index contributed by atoms with van der Waals surface area (Å²) in [5.41, 5.74) is 1.10. The van der Waals surface area contributed by atoms with Crippen LogP contribution in [-0.4, -0.2) is 18.0 Å². The molecule has 1 aliphatic carbocycles. The average molecular weight is 398 g/mol. The molecule has 1 N–H and O–H groups in total. The molecule has 1 saturated carbocycles. The predicted molar refractivity (Wildman–Crippen MR) is 124 cm³/mol. The van der Waals surface area contributed by atoms with Crippen LogP contribution in [0.15, 0.2) is 12.7 Å². The molecule has 0 radical (unpaired) electrons. The summed E-state index contributed by atoms with van der Waals surface area (Å²) < 4.78 is 0. The fraction of sp³-hybridized carbons (Fsp3) is 0.920. The minimum atomic E-state index is 0.328. The van der Waals surface area contributed by atoms with E-state index in [1.165, 1.54) is 70.8 Å². The Morgan fingerprint density at radius 2 is 1.89 bits per heavy atom. The smallest absolute Gasteiger partial charge is 0.0307 e. The third-order valence-electron chi connectivity index (χ3n) is 7.69. The van der Waals surface area contributed by atoms with Gasteiger partial charge in [0.25, 0.3) is 0 Å². The van der Waals surface area contributed by atoms with Crippen LogP contribution in [0.2, 0.25) is 0 Å². The van der Waals surface area contributed by atoms with Gasteiger partial charge in [-0.2, -0.15) is 0 Å². The fourth-order valence-corrected chi connectivity index (χ4v) is 6.27. The molecule has 0 aromatic carbocycles. The van der Waals surface area contributed by atoms with Crippen LogP contribution in [0.25, 0.3) is 0 Å². The van der Waals surface area contributed by atoms with Gasteiger partial charge in [-0.1, -0.05) is 46.6 Å². The molecule has 160 valence electrons. The van der Waals surface area contributed by atoms with E-state index in [-0.39, 0.29) is 0 Å². The Morgan fingerprint density at radius 3 is 2.37 bits per heavy atom. The molecule has 1 aliphatic heterocycles. The third-order valence-corrected chi connectivity index (χ3v) is 7.90. The molecule has 6 atom stereocenters. The van der Waals surface area contributed by atoms with Crippen LogP contribution >= 0.6 is 11.6 Å².